The number of carboxylic acid groups (broad SMARTS) is 1. The molecule has 7 nitrogen and oxygen atoms in total. The Bertz CT molecular complexity index is 527. The van der Waals surface area contributed by atoms with E-state index in [0.29, 0.717) is 5.69 Å². The number of amides is 2. The van der Waals surface area contributed by atoms with Gasteiger partial charge in [-0.05, 0) is 25.5 Å². The summed E-state index contributed by atoms with van der Waals surface area (Å²) in [5.74, 6) is -2.47. The van der Waals surface area contributed by atoms with E-state index in [9.17, 15) is 14.4 Å². The van der Waals surface area contributed by atoms with Crippen LogP contribution in [0.15, 0.2) is 12.1 Å². The molecule has 4 N–H and O–H groups in total. The molecule has 1 atom stereocenters. The van der Waals surface area contributed by atoms with Crippen LogP contribution in [0.4, 0.5) is 0 Å². The molecule has 0 fully saturated rings. The summed E-state index contributed by atoms with van der Waals surface area (Å²) < 4.78 is 0. The van der Waals surface area contributed by atoms with Gasteiger partial charge in [-0.3, -0.25) is 9.59 Å². The highest BCUT2D eigenvalue weighted by Crippen LogP contribution is 2.11. The van der Waals surface area contributed by atoms with Crippen molar-refractivity contribution in [3.63, 3.8) is 0 Å². The quantitative estimate of drug-likeness (QED) is 0.660. The minimum Gasteiger partial charge on any atom is -0.480 e. The molecule has 0 aromatic carbocycles. The third-order valence-electron chi connectivity index (χ3n) is 2.47. The molecular weight excluding hydrogens is 286 g/mol. The van der Waals surface area contributed by atoms with Crippen molar-refractivity contribution in [1.82, 2.24) is 10.3 Å². The maximum Gasteiger partial charge on any atom is 0.326 e. The molecule has 1 rings (SSSR count). The van der Waals surface area contributed by atoms with Gasteiger partial charge < -0.3 is 16.2 Å². The lowest BCUT2D eigenvalue weighted by Crippen LogP contribution is -2.41. The largest absolute Gasteiger partial charge is 0.480 e. The fourth-order valence-corrected chi connectivity index (χ4v) is 1.80. The number of hydrogen-bond acceptors (Lipinski definition) is 4. The number of nitrogens with zero attached hydrogens (tertiary/aromatic N) is 1. The smallest absolute Gasteiger partial charge is 0.326 e. The van der Waals surface area contributed by atoms with Crippen LogP contribution in [-0.2, 0) is 9.59 Å². The second-order valence-corrected chi connectivity index (χ2v) is 4.58. The van der Waals surface area contributed by atoms with Gasteiger partial charge in [0.1, 0.15) is 11.2 Å². The Morgan fingerprint density at radius 2 is 2.10 bits per heavy atom. The minimum absolute atomic E-state index is 0.0752. The molecule has 0 saturated heterocycles. The molecule has 0 spiro atoms. The van der Waals surface area contributed by atoms with Gasteiger partial charge in [0.05, 0.1) is 0 Å². The Hall–Kier alpha value is -2.15. The Kier molecular flexibility index (Phi) is 5.45. The van der Waals surface area contributed by atoms with Gasteiger partial charge in [-0.25, -0.2) is 9.78 Å². The molecule has 108 valence electrons. The van der Waals surface area contributed by atoms with E-state index >= 15 is 0 Å². The van der Waals surface area contributed by atoms with Gasteiger partial charge in [0.25, 0.3) is 5.91 Å². The van der Waals surface area contributed by atoms with Crippen molar-refractivity contribution < 1.29 is 19.5 Å². The van der Waals surface area contributed by atoms with Crippen molar-refractivity contribution in [2.45, 2.75) is 25.8 Å². The van der Waals surface area contributed by atoms with Crippen LogP contribution in [0, 0.1) is 6.92 Å². The van der Waals surface area contributed by atoms with Gasteiger partial charge in [0.15, 0.2) is 0 Å². The van der Waals surface area contributed by atoms with E-state index in [-0.39, 0.29) is 23.6 Å². The highest BCUT2D eigenvalue weighted by Gasteiger charge is 2.21. The predicted molar refractivity (Wildman–Crippen MR) is 71.3 cm³/mol. The zero-order valence-electron chi connectivity index (χ0n) is 10.7. The Morgan fingerprint density at radius 1 is 1.45 bits per heavy atom. The number of nitrogens with one attached hydrogen (secondary N) is 1. The van der Waals surface area contributed by atoms with E-state index in [1.165, 1.54) is 12.1 Å². The Morgan fingerprint density at radius 3 is 2.60 bits per heavy atom. The molecule has 0 aliphatic rings. The molecular formula is C12H14ClN3O4. The number of primary amides is 1. The standard InChI is InChI=1S/C12H14ClN3O4/c1-6-4-7(5-9(13)15-6)11(18)16-8(12(19)20)2-3-10(14)17/h4-5,8H,2-3H2,1H3,(H2,14,17)(H,16,18)(H,19,20)/t8-/m0/s1. The Balaban J connectivity index is 2.79. The minimum atomic E-state index is -1.24. The van der Waals surface area contributed by atoms with E-state index in [0.717, 1.165) is 0 Å². The summed E-state index contributed by atoms with van der Waals surface area (Å²) in [6.07, 6.45) is -0.207. The fraction of sp³-hybridized carbons (Fsp3) is 0.333. The first kappa shape index (κ1) is 15.9. The van der Waals surface area contributed by atoms with Crippen molar-refractivity contribution in [2.24, 2.45) is 5.73 Å². The predicted octanol–water partition coefficient (Wildman–Crippen LogP) is 0.492. The van der Waals surface area contributed by atoms with Crippen LogP contribution in [0.1, 0.15) is 28.9 Å². The average Bonchev–Trinajstić information content (AvgIpc) is 2.32. The summed E-state index contributed by atoms with van der Waals surface area (Å²) in [7, 11) is 0. The third-order valence-corrected chi connectivity index (χ3v) is 2.66. The molecule has 2 amide bonds. The van der Waals surface area contributed by atoms with E-state index in [1.54, 1.807) is 6.92 Å². The SMILES string of the molecule is Cc1cc(C(=O)N[C@@H](CCC(N)=O)C(=O)O)cc(Cl)n1. The number of pyridine rings is 1. The summed E-state index contributed by atoms with van der Waals surface area (Å²) in [4.78, 5) is 37.5. The summed E-state index contributed by atoms with van der Waals surface area (Å²) in [5.41, 5.74) is 5.69. The summed E-state index contributed by atoms with van der Waals surface area (Å²) in [6, 6.07) is 1.62. The molecule has 1 aromatic heterocycles. The van der Waals surface area contributed by atoms with Crippen molar-refractivity contribution in [3.05, 3.63) is 28.5 Å². The number of carbonyl (C=O) groups excluding carboxylic acids is 2. The van der Waals surface area contributed by atoms with Crippen LogP contribution in [0.5, 0.6) is 0 Å². The normalized spacial score (nSPS) is 11.7. The lowest BCUT2D eigenvalue weighted by atomic mass is 10.1. The number of halogens is 1. The van der Waals surface area contributed by atoms with E-state index in [2.05, 4.69) is 10.3 Å². The first-order chi connectivity index (χ1) is 9.29. The second kappa shape index (κ2) is 6.85. The molecule has 8 heteroatoms. The summed E-state index contributed by atoms with van der Waals surface area (Å²) in [5, 5.41) is 11.4. The number of aryl methyl sites for hydroxylation is 1. The highest BCUT2D eigenvalue weighted by atomic mass is 35.5. The number of nitrogens with two attached hydrogens (primary N) is 1. The Labute approximate surface area is 120 Å². The first-order valence-electron chi connectivity index (χ1n) is 5.75. The fourth-order valence-electron chi connectivity index (χ4n) is 1.54. The van der Waals surface area contributed by atoms with Crippen LogP contribution in [0.25, 0.3) is 0 Å². The van der Waals surface area contributed by atoms with Gasteiger partial charge in [-0.1, -0.05) is 11.6 Å². The first-order valence-corrected chi connectivity index (χ1v) is 6.13. The topological polar surface area (TPSA) is 122 Å². The number of hydrogen-bond donors (Lipinski definition) is 3. The van der Waals surface area contributed by atoms with Crippen LogP contribution in [-0.4, -0.2) is 33.9 Å². The van der Waals surface area contributed by atoms with Crippen LogP contribution >= 0.6 is 11.6 Å². The number of aliphatic carboxylic acids is 1. The molecule has 0 bridgehead atoms. The van der Waals surface area contributed by atoms with Gasteiger partial charge in [0, 0.05) is 17.7 Å². The van der Waals surface area contributed by atoms with Crippen molar-refractivity contribution in [2.75, 3.05) is 0 Å². The molecule has 1 aromatic rings. The number of carbonyl (C=O) groups is 3. The molecule has 0 radical (unpaired) electrons. The molecule has 0 saturated carbocycles. The molecule has 1 heterocycles. The van der Waals surface area contributed by atoms with Crippen LogP contribution in [0.3, 0.4) is 0 Å². The van der Waals surface area contributed by atoms with Gasteiger partial charge >= 0.3 is 5.97 Å². The maximum absolute atomic E-state index is 11.9. The number of aromatic nitrogens is 1. The highest BCUT2D eigenvalue weighted by molar-refractivity contribution is 6.29. The number of rotatable bonds is 6. The monoisotopic (exact) mass is 299 g/mol. The van der Waals surface area contributed by atoms with Crippen LogP contribution in [0.2, 0.25) is 5.15 Å². The van der Waals surface area contributed by atoms with Gasteiger partial charge in [-0.15, -0.1) is 0 Å². The number of carboxylic acids is 1. The van der Waals surface area contributed by atoms with Gasteiger partial charge in [0.2, 0.25) is 5.91 Å². The van der Waals surface area contributed by atoms with E-state index in [1.807, 2.05) is 0 Å². The molecule has 0 aliphatic heterocycles. The molecule has 0 aliphatic carbocycles. The third kappa shape index (κ3) is 4.85. The van der Waals surface area contributed by atoms with Gasteiger partial charge in [-0.2, -0.15) is 0 Å². The van der Waals surface area contributed by atoms with Crippen molar-refractivity contribution in [1.29, 1.82) is 0 Å². The van der Waals surface area contributed by atoms with Crippen molar-refractivity contribution in [3.8, 4) is 0 Å². The lowest BCUT2D eigenvalue weighted by molar-refractivity contribution is -0.139. The molecule has 0 unspecified atom stereocenters. The summed E-state index contributed by atoms with van der Waals surface area (Å²) >= 11 is 5.73. The lowest BCUT2D eigenvalue weighted by Gasteiger charge is -2.14. The maximum atomic E-state index is 11.9. The second-order valence-electron chi connectivity index (χ2n) is 4.19. The average molecular weight is 300 g/mol. The summed E-state index contributed by atoms with van der Waals surface area (Å²) in [6.45, 7) is 1.66. The zero-order chi connectivity index (χ0) is 15.3. The van der Waals surface area contributed by atoms with Crippen molar-refractivity contribution >= 4 is 29.4 Å². The zero-order valence-corrected chi connectivity index (χ0v) is 11.5. The van der Waals surface area contributed by atoms with Crippen LogP contribution < -0.4 is 11.1 Å². The van der Waals surface area contributed by atoms with E-state index in [4.69, 9.17) is 22.4 Å². The molecule has 20 heavy (non-hydrogen) atoms. The van der Waals surface area contributed by atoms with E-state index < -0.39 is 23.8 Å².